The zero-order chi connectivity index (χ0) is 14.2. The van der Waals surface area contributed by atoms with Gasteiger partial charge < -0.3 is 14.8 Å². The number of rotatable bonds is 6. The quantitative estimate of drug-likeness (QED) is 0.807. The molecular weight excluding hydrogens is 250 g/mol. The second-order valence-corrected chi connectivity index (χ2v) is 5.54. The molecule has 0 aromatic heterocycles. The first kappa shape index (κ1) is 15.3. The summed E-state index contributed by atoms with van der Waals surface area (Å²) in [4.78, 5) is 0. The molecule has 0 spiro atoms. The fraction of sp³-hybridized carbons (Fsp3) is 0.647. The molecular formula is C17H27NO2. The summed E-state index contributed by atoms with van der Waals surface area (Å²) in [5.74, 6) is 0.967. The highest BCUT2D eigenvalue weighted by Gasteiger charge is 2.24. The van der Waals surface area contributed by atoms with Crippen LogP contribution in [0, 0.1) is 0 Å². The molecule has 3 heteroatoms. The molecule has 0 aliphatic heterocycles. The van der Waals surface area contributed by atoms with E-state index in [0.29, 0.717) is 12.6 Å². The summed E-state index contributed by atoms with van der Waals surface area (Å²) in [6.45, 7) is 3.81. The Morgan fingerprint density at radius 1 is 1.20 bits per heavy atom. The molecule has 112 valence electrons. The number of benzene rings is 1. The predicted molar refractivity (Wildman–Crippen MR) is 82.1 cm³/mol. The first-order chi connectivity index (χ1) is 9.83. The average Bonchev–Trinajstić information content (AvgIpc) is 2.66. The van der Waals surface area contributed by atoms with Crippen molar-refractivity contribution in [2.45, 2.75) is 57.8 Å². The summed E-state index contributed by atoms with van der Waals surface area (Å²) in [5, 5.41) is 3.58. The van der Waals surface area contributed by atoms with Gasteiger partial charge in [0.2, 0.25) is 0 Å². The van der Waals surface area contributed by atoms with Crippen LogP contribution in [-0.2, 0) is 11.3 Å². The fourth-order valence-electron chi connectivity index (χ4n) is 2.96. The van der Waals surface area contributed by atoms with Crippen molar-refractivity contribution < 1.29 is 9.47 Å². The van der Waals surface area contributed by atoms with Crippen molar-refractivity contribution in [3.63, 3.8) is 0 Å². The molecule has 20 heavy (non-hydrogen) atoms. The van der Waals surface area contributed by atoms with E-state index in [2.05, 4.69) is 24.4 Å². The lowest BCUT2D eigenvalue weighted by molar-refractivity contribution is 0.144. The van der Waals surface area contributed by atoms with Crippen LogP contribution in [0.5, 0.6) is 5.75 Å². The van der Waals surface area contributed by atoms with Crippen LogP contribution >= 0.6 is 0 Å². The topological polar surface area (TPSA) is 30.5 Å². The average molecular weight is 277 g/mol. The minimum atomic E-state index is 0.287. The molecule has 0 radical (unpaired) electrons. The van der Waals surface area contributed by atoms with E-state index in [1.54, 1.807) is 7.11 Å². The lowest BCUT2D eigenvalue weighted by Crippen LogP contribution is -2.42. The minimum Gasteiger partial charge on any atom is -0.489 e. The van der Waals surface area contributed by atoms with Crippen LogP contribution < -0.4 is 10.1 Å². The van der Waals surface area contributed by atoms with Gasteiger partial charge in [-0.3, -0.25) is 0 Å². The van der Waals surface area contributed by atoms with Crippen molar-refractivity contribution in [1.82, 2.24) is 5.32 Å². The Balaban J connectivity index is 2.03. The third-order valence-corrected chi connectivity index (χ3v) is 3.92. The van der Waals surface area contributed by atoms with E-state index >= 15 is 0 Å². The van der Waals surface area contributed by atoms with E-state index in [1.165, 1.54) is 31.2 Å². The molecule has 0 saturated heterocycles. The van der Waals surface area contributed by atoms with Gasteiger partial charge in [-0.15, -0.1) is 0 Å². The highest BCUT2D eigenvalue weighted by atomic mass is 16.5. The number of methoxy groups -OCH3 is 1. The molecule has 3 nitrogen and oxygen atoms in total. The van der Waals surface area contributed by atoms with E-state index in [0.717, 1.165) is 18.7 Å². The molecule has 1 aliphatic carbocycles. The molecule has 0 amide bonds. The fourth-order valence-corrected chi connectivity index (χ4v) is 2.96. The molecule has 1 N–H and O–H groups in total. The molecule has 2 atom stereocenters. The summed E-state index contributed by atoms with van der Waals surface area (Å²) in [5.41, 5.74) is 1.17. The van der Waals surface area contributed by atoms with Crippen LogP contribution in [0.4, 0.5) is 0 Å². The Morgan fingerprint density at radius 2 is 2.05 bits per heavy atom. The van der Waals surface area contributed by atoms with Crippen molar-refractivity contribution in [1.29, 1.82) is 0 Å². The van der Waals surface area contributed by atoms with E-state index in [9.17, 15) is 0 Å². The Bertz CT molecular complexity index is 394. The van der Waals surface area contributed by atoms with E-state index < -0.39 is 0 Å². The maximum atomic E-state index is 6.27. The number of hydrogen-bond donors (Lipinski definition) is 1. The molecule has 1 aromatic rings. The van der Waals surface area contributed by atoms with Gasteiger partial charge in [-0.2, -0.15) is 0 Å². The van der Waals surface area contributed by atoms with Crippen LogP contribution in [0.1, 0.15) is 44.6 Å². The van der Waals surface area contributed by atoms with Crippen molar-refractivity contribution in [2.24, 2.45) is 0 Å². The lowest BCUT2D eigenvalue weighted by Gasteiger charge is -2.27. The summed E-state index contributed by atoms with van der Waals surface area (Å²) in [7, 11) is 1.72. The monoisotopic (exact) mass is 277 g/mol. The number of ether oxygens (including phenoxy) is 2. The Morgan fingerprint density at radius 3 is 2.85 bits per heavy atom. The second kappa shape index (κ2) is 8.28. The van der Waals surface area contributed by atoms with Gasteiger partial charge >= 0.3 is 0 Å². The molecule has 0 heterocycles. The highest BCUT2D eigenvalue weighted by molar-refractivity contribution is 5.28. The summed E-state index contributed by atoms with van der Waals surface area (Å²) in [6.07, 6.45) is 6.55. The normalized spacial score (nSPS) is 23.3. The highest BCUT2D eigenvalue weighted by Crippen LogP contribution is 2.24. The Labute approximate surface area is 122 Å². The van der Waals surface area contributed by atoms with Gasteiger partial charge in [0.1, 0.15) is 11.9 Å². The van der Waals surface area contributed by atoms with Gasteiger partial charge in [0.15, 0.2) is 0 Å². The zero-order valence-corrected chi connectivity index (χ0v) is 12.7. The van der Waals surface area contributed by atoms with Gasteiger partial charge in [0.25, 0.3) is 0 Å². The van der Waals surface area contributed by atoms with Crippen molar-refractivity contribution >= 4 is 0 Å². The molecule has 1 aromatic carbocycles. The largest absolute Gasteiger partial charge is 0.489 e. The van der Waals surface area contributed by atoms with Crippen molar-refractivity contribution in [2.75, 3.05) is 13.7 Å². The molecule has 0 bridgehead atoms. The maximum Gasteiger partial charge on any atom is 0.120 e. The van der Waals surface area contributed by atoms with E-state index in [1.807, 2.05) is 12.1 Å². The number of hydrogen-bond acceptors (Lipinski definition) is 3. The maximum absolute atomic E-state index is 6.27. The van der Waals surface area contributed by atoms with Crippen molar-refractivity contribution in [3.05, 3.63) is 29.8 Å². The molecule has 1 saturated carbocycles. The minimum absolute atomic E-state index is 0.287. The van der Waals surface area contributed by atoms with Crippen molar-refractivity contribution in [3.8, 4) is 5.75 Å². The van der Waals surface area contributed by atoms with Crippen LogP contribution in [-0.4, -0.2) is 25.8 Å². The SMILES string of the molecule is CCNC1CCCCCC1Oc1cccc(COC)c1. The van der Waals surface area contributed by atoms with Gasteiger partial charge in [0, 0.05) is 13.2 Å². The predicted octanol–water partition coefficient (Wildman–Crippen LogP) is 3.52. The van der Waals surface area contributed by atoms with Gasteiger partial charge in [-0.1, -0.05) is 31.9 Å². The summed E-state index contributed by atoms with van der Waals surface area (Å²) in [6, 6.07) is 8.74. The first-order valence-corrected chi connectivity index (χ1v) is 7.81. The van der Waals surface area contributed by atoms with Crippen LogP contribution in [0.3, 0.4) is 0 Å². The number of nitrogens with one attached hydrogen (secondary N) is 1. The Kier molecular flexibility index (Phi) is 6.34. The third-order valence-electron chi connectivity index (χ3n) is 3.92. The standard InChI is InChI=1S/C17H27NO2/c1-3-18-16-10-5-4-6-11-17(16)20-15-9-7-8-14(12-15)13-19-2/h7-9,12,16-18H,3-6,10-11,13H2,1-2H3. The summed E-state index contributed by atoms with van der Waals surface area (Å²) < 4.78 is 11.5. The van der Waals surface area contributed by atoms with E-state index in [4.69, 9.17) is 9.47 Å². The summed E-state index contributed by atoms with van der Waals surface area (Å²) >= 11 is 0. The number of likely N-dealkylation sites (N-methyl/N-ethyl adjacent to an activating group) is 1. The van der Waals surface area contributed by atoms with Gasteiger partial charge in [-0.25, -0.2) is 0 Å². The molecule has 1 aliphatic rings. The zero-order valence-electron chi connectivity index (χ0n) is 12.7. The van der Waals surface area contributed by atoms with Crippen LogP contribution in [0.2, 0.25) is 0 Å². The van der Waals surface area contributed by atoms with Crippen LogP contribution in [0.25, 0.3) is 0 Å². The van der Waals surface area contributed by atoms with E-state index in [-0.39, 0.29) is 6.10 Å². The Hall–Kier alpha value is -1.06. The van der Waals surface area contributed by atoms with Gasteiger partial charge in [-0.05, 0) is 43.5 Å². The first-order valence-electron chi connectivity index (χ1n) is 7.81. The van der Waals surface area contributed by atoms with Crippen LogP contribution in [0.15, 0.2) is 24.3 Å². The van der Waals surface area contributed by atoms with Gasteiger partial charge in [0.05, 0.1) is 6.61 Å². The smallest absolute Gasteiger partial charge is 0.120 e. The molecule has 1 fully saturated rings. The third kappa shape index (κ3) is 4.50. The molecule has 2 rings (SSSR count). The molecule has 2 unspecified atom stereocenters. The lowest BCUT2D eigenvalue weighted by atomic mass is 10.1. The second-order valence-electron chi connectivity index (χ2n) is 5.54.